The first kappa shape index (κ1) is 19.3. The molecule has 0 atom stereocenters. The van der Waals surface area contributed by atoms with Gasteiger partial charge in [-0.15, -0.1) is 0 Å². The summed E-state index contributed by atoms with van der Waals surface area (Å²) in [6.07, 6.45) is 2.74. The first-order chi connectivity index (χ1) is 11.7. The second-order valence-electron chi connectivity index (χ2n) is 4.88. The molecule has 3 N–H and O–H groups in total. The molecule has 0 spiro atoms. The number of halogens is 2. The van der Waals surface area contributed by atoms with E-state index in [0.29, 0.717) is 15.6 Å². The summed E-state index contributed by atoms with van der Waals surface area (Å²) in [4.78, 5) is 11.8. The minimum atomic E-state index is -4.00. The number of rotatable bonds is 5. The van der Waals surface area contributed by atoms with Crippen molar-refractivity contribution < 1.29 is 17.9 Å². The average Bonchev–Trinajstić information content (AvgIpc) is 2.55. The van der Waals surface area contributed by atoms with Gasteiger partial charge in [-0.25, -0.2) is 13.6 Å². The molecule has 0 fully saturated rings. The molecular weight excluding hydrogens is 387 g/mol. The normalized spacial score (nSPS) is 11.5. The Labute approximate surface area is 155 Å². The van der Waals surface area contributed by atoms with Crippen LogP contribution in [0.4, 0.5) is 5.69 Å². The van der Waals surface area contributed by atoms with Gasteiger partial charge >= 0.3 is 0 Å². The van der Waals surface area contributed by atoms with Crippen LogP contribution >= 0.6 is 23.2 Å². The van der Waals surface area contributed by atoms with E-state index in [1.807, 2.05) is 0 Å². The Balaban J connectivity index is 2.21. The van der Waals surface area contributed by atoms with Crippen LogP contribution < -0.4 is 15.2 Å². The van der Waals surface area contributed by atoms with Gasteiger partial charge in [0.2, 0.25) is 15.9 Å². The Morgan fingerprint density at radius 3 is 2.60 bits per heavy atom. The van der Waals surface area contributed by atoms with Crippen molar-refractivity contribution in [2.45, 2.75) is 4.90 Å². The van der Waals surface area contributed by atoms with E-state index in [-0.39, 0.29) is 16.3 Å². The number of methoxy groups -OCH3 is 1. The summed E-state index contributed by atoms with van der Waals surface area (Å²) < 4.78 is 28.1. The van der Waals surface area contributed by atoms with Crippen molar-refractivity contribution >= 4 is 50.9 Å². The van der Waals surface area contributed by atoms with Gasteiger partial charge in [0.1, 0.15) is 10.6 Å². The number of sulfonamides is 1. The van der Waals surface area contributed by atoms with Crippen molar-refractivity contribution in [1.29, 1.82) is 0 Å². The van der Waals surface area contributed by atoms with E-state index in [4.69, 9.17) is 33.1 Å². The minimum absolute atomic E-state index is 0.0850. The molecule has 0 heterocycles. The van der Waals surface area contributed by atoms with Gasteiger partial charge < -0.3 is 10.1 Å². The van der Waals surface area contributed by atoms with Crippen LogP contribution in [-0.2, 0) is 14.8 Å². The molecule has 2 rings (SSSR count). The smallest absolute Gasteiger partial charge is 0.248 e. The number of primary sulfonamides is 1. The number of nitrogens with two attached hydrogens (primary N) is 1. The van der Waals surface area contributed by atoms with E-state index in [9.17, 15) is 13.2 Å². The zero-order chi connectivity index (χ0) is 18.6. The first-order valence-corrected chi connectivity index (χ1v) is 9.16. The van der Waals surface area contributed by atoms with Crippen LogP contribution in [0.1, 0.15) is 5.56 Å². The van der Waals surface area contributed by atoms with Crippen LogP contribution in [0.3, 0.4) is 0 Å². The number of anilines is 1. The summed E-state index contributed by atoms with van der Waals surface area (Å²) in [6.45, 7) is 0. The number of carbonyl (C=O) groups excluding carboxylic acids is 1. The maximum Gasteiger partial charge on any atom is 0.248 e. The molecule has 2 aromatic carbocycles. The minimum Gasteiger partial charge on any atom is -0.495 e. The second-order valence-corrected chi connectivity index (χ2v) is 7.19. The molecule has 0 aliphatic carbocycles. The predicted octanol–water partition coefficient (Wildman–Crippen LogP) is 3.30. The maximum atomic E-state index is 12.0. The lowest BCUT2D eigenvalue weighted by Crippen LogP contribution is -2.15. The molecule has 132 valence electrons. The highest BCUT2D eigenvalue weighted by molar-refractivity contribution is 7.89. The van der Waals surface area contributed by atoms with E-state index >= 15 is 0 Å². The van der Waals surface area contributed by atoms with Crippen LogP contribution in [0, 0.1) is 0 Å². The van der Waals surface area contributed by atoms with Crippen molar-refractivity contribution in [3.05, 3.63) is 58.1 Å². The fraction of sp³-hybridized carbons (Fsp3) is 0.0625. The summed E-state index contributed by atoms with van der Waals surface area (Å²) in [5, 5.41) is 8.37. The third-order valence-corrected chi connectivity index (χ3v) is 4.90. The van der Waals surface area contributed by atoms with Crippen LogP contribution in [0.15, 0.2) is 47.4 Å². The van der Waals surface area contributed by atoms with Gasteiger partial charge in [0.25, 0.3) is 0 Å². The van der Waals surface area contributed by atoms with Crippen molar-refractivity contribution in [1.82, 2.24) is 0 Å². The second kappa shape index (κ2) is 7.88. The van der Waals surface area contributed by atoms with Crippen LogP contribution in [0.25, 0.3) is 6.08 Å². The Morgan fingerprint density at radius 1 is 1.24 bits per heavy atom. The fourth-order valence-electron chi connectivity index (χ4n) is 1.98. The number of hydrogen-bond acceptors (Lipinski definition) is 4. The summed E-state index contributed by atoms with van der Waals surface area (Å²) in [5.41, 5.74) is 0.820. The number of ether oxygens (including phenoxy) is 1. The van der Waals surface area contributed by atoms with Gasteiger partial charge in [-0.3, -0.25) is 4.79 Å². The van der Waals surface area contributed by atoms with E-state index < -0.39 is 15.9 Å². The Bertz CT molecular complexity index is 943. The number of amides is 1. The number of hydrogen-bond donors (Lipinski definition) is 2. The van der Waals surface area contributed by atoms with E-state index in [0.717, 1.165) is 0 Å². The molecule has 0 aliphatic rings. The fourth-order valence-corrected chi connectivity index (χ4v) is 3.07. The lowest BCUT2D eigenvalue weighted by atomic mass is 10.2. The van der Waals surface area contributed by atoms with Gasteiger partial charge in [-0.1, -0.05) is 35.3 Å². The molecule has 0 aliphatic heterocycles. The summed E-state index contributed by atoms with van der Waals surface area (Å²) in [7, 11) is -2.68. The SMILES string of the molecule is COc1ccc(NC(=O)/C=C/c2cccc(Cl)c2Cl)cc1S(N)(=O)=O. The standard InChI is InChI=1S/C16H14Cl2N2O4S/c1-24-13-7-6-11(9-14(13)25(19,22)23)20-15(21)8-5-10-3-2-4-12(17)16(10)18/h2-9H,1H3,(H,20,21)(H2,19,22,23)/b8-5+. The quantitative estimate of drug-likeness (QED) is 0.751. The Morgan fingerprint density at radius 2 is 1.96 bits per heavy atom. The van der Waals surface area contributed by atoms with E-state index in [1.165, 1.54) is 37.5 Å². The molecule has 0 radical (unpaired) electrons. The summed E-state index contributed by atoms with van der Waals surface area (Å²) >= 11 is 11.9. The topological polar surface area (TPSA) is 98.5 Å². The predicted molar refractivity (Wildman–Crippen MR) is 98.5 cm³/mol. The van der Waals surface area contributed by atoms with Gasteiger partial charge in [0, 0.05) is 11.8 Å². The zero-order valence-corrected chi connectivity index (χ0v) is 15.3. The van der Waals surface area contributed by atoms with Crippen LogP contribution in [0.2, 0.25) is 10.0 Å². The molecule has 9 heteroatoms. The molecule has 1 amide bonds. The molecule has 6 nitrogen and oxygen atoms in total. The van der Waals surface area contributed by atoms with Crippen LogP contribution in [-0.4, -0.2) is 21.4 Å². The lowest BCUT2D eigenvalue weighted by molar-refractivity contribution is -0.111. The third kappa shape index (κ3) is 4.96. The lowest BCUT2D eigenvalue weighted by Gasteiger charge is -2.09. The molecule has 0 saturated heterocycles. The molecule has 0 aromatic heterocycles. The van der Waals surface area contributed by atoms with Gasteiger partial charge in [0.05, 0.1) is 17.2 Å². The van der Waals surface area contributed by atoms with Crippen molar-refractivity contribution in [2.75, 3.05) is 12.4 Å². The van der Waals surface area contributed by atoms with E-state index in [1.54, 1.807) is 18.2 Å². The average molecular weight is 401 g/mol. The molecule has 25 heavy (non-hydrogen) atoms. The third-order valence-electron chi connectivity index (χ3n) is 3.13. The summed E-state index contributed by atoms with van der Waals surface area (Å²) in [6, 6.07) is 9.14. The molecule has 0 saturated carbocycles. The van der Waals surface area contributed by atoms with Gasteiger partial charge in [-0.2, -0.15) is 0 Å². The largest absolute Gasteiger partial charge is 0.495 e. The van der Waals surface area contributed by atoms with Crippen molar-refractivity contribution in [3.63, 3.8) is 0 Å². The van der Waals surface area contributed by atoms with Gasteiger partial charge in [0.15, 0.2) is 0 Å². The Hall–Kier alpha value is -2.06. The number of benzene rings is 2. The highest BCUT2D eigenvalue weighted by Gasteiger charge is 2.16. The van der Waals surface area contributed by atoms with E-state index in [2.05, 4.69) is 5.32 Å². The maximum absolute atomic E-state index is 12.0. The van der Waals surface area contributed by atoms with Gasteiger partial charge in [-0.05, 0) is 35.9 Å². The first-order valence-electron chi connectivity index (χ1n) is 6.86. The summed E-state index contributed by atoms with van der Waals surface area (Å²) in [5.74, 6) is -0.400. The molecule has 0 unspecified atom stereocenters. The molecule has 0 bridgehead atoms. The Kier molecular flexibility index (Phi) is 6.07. The number of nitrogens with one attached hydrogen (secondary N) is 1. The van der Waals surface area contributed by atoms with Crippen molar-refractivity contribution in [2.24, 2.45) is 5.14 Å². The van der Waals surface area contributed by atoms with Crippen LogP contribution in [0.5, 0.6) is 5.75 Å². The molecule has 2 aromatic rings. The van der Waals surface area contributed by atoms with Crippen molar-refractivity contribution in [3.8, 4) is 5.75 Å². The zero-order valence-electron chi connectivity index (χ0n) is 13.0. The molecular formula is C16H14Cl2N2O4S. The monoisotopic (exact) mass is 400 g/mol. The highest BCUT2D eigenvalue weighted by atomic mass is 35.5. The number of carbonyl (C=O) groups is 1. The highest BCUT2D eigenvalue weighted by Crippen LogP contribution is 2.27.